The first-order valence-corrected chi connectivity index (χ1v) is 8.85. The summed E-state index contributed by atoms with van der Waals surface area (Å²) in [5.74, 6) is 0. The van der Waals surface area contributed by atoms with Gasteiger partial charge in [-0.3, -0.25) is 4.98 Å². The third kappa shape index (κ3) is 7.13. The first-order valence-electron chi connectivity index (χ1n) is 8.85. The molecule has 2 aromatic rings. The van der Waals surface area contributed by atoms with Gasteiger partial charge in [-0.1, -0.05) is 65.0 Å². The lowest BCUT2D eigenvalue weighted by atomic mass is 10.1. The van der Waals surface area contributed by atoms with E-state index in [1.807, 2.05) is 12.4 Å². The van der Waals surface area contributed by atoms with Crippen LogP contribution in [0.2, 0.25) is 0 Å². The Morgan fingerprint density at radius 3 is 2.61 bits per heavy atom. The van der Waals surface area contributed by atoms with E-state index in [1.165, 1.54) is 61.3 Å². The summed E-state index contributed by atoms with van der Waals surface area (Å²) in [6.07, 6.45) is 13.3. The highest BCUT2D eigenvalue weighted by Crippen LogP contribution is 2.15. The molecule has 0 aliphatic rings. The molecule has 1 heterocycles. The van der Waals surface area contributed by atoms with Gasteiger partial charge < -0.3 is 5.32 Å². The van der Waals surface area contributed by atoms with Crippen molar-refractivity contribution in [3.8, 4) is 0 Å². The minimum absolute atomic E-state index is 0. The van der Waals surface area contributed by atoms with Crippen LogP contribution in [0.25, 0.3) is 10.8 Å². The van der Waals surface area contributed by atoms with Crippen molar-refractivity contribution in [3.05, 3.63) is 42.2 Å². The molecule has 1 atom stereocenters. The van der Waals surface area contributed by atoms with Crippen molar-refractivity contribution in [2.45, 2.75) is 78.8 Å². The summed E-state index contributed by atoms with van der Waals surface area (Å²) in [5.41, 5.74) is 1.36. The molecule has 0 spiro atoms. The number of aromatic nitrogens is 1. The van der Waals surface area contributed by atoms with Crippen molar-refractivity contribution in [2.75, 3.05) is 0 Å². The molecule has 1 N–H and O–H groups in total. The molecule has 1 aromatic carbocycles. The van der Waals surface area contributed by atoms with Gasteiger partial charge in [-0.05, 0) is 36.4 Å². The van der Waals surface area contributed by atoms with Crippen molar-refractivity contribution in [2.24, 2.45) is 0 Å². The molecule has 0 saturated carbocycles. The van der Waals surface area contributed by atoms with Crippen molar-refractivity contribution in [3.63, 3.8) is 0 Å². The number of pyridine rings is 1. The first-order chi connectivity index (χ1) is 10.8. The minimum Gasteiger partial charge on any atom is -0.310 e. The highest BCUT2D eigenvalue weighted by molar-refractivity contribution is 5.81. The number of hydrogen-bond donors (Lipinski definition) is 1. The molecule has 1 aromatic heterocycles. The molecule has 0 unspecified atom stereocenters. The molecule has 0 amide bonds. The maximum atomic E-state index is 4.16. The second kappa shape index (κ2) is 11.2. The Morgan fingerprint density at radius 2 is 1.78 bits per heavy atom. The van der Waals surface area contributed by atoms with Crippen LogP contribution in [0.1, 0.15) is 71.8 Å². The van der Waals surface area contributed by atoms with E-state index in [9.17, 15) is 0 Å². The van der Waals surface area contributed by atoms with E-state index in [4.69, 9.17) is 0 Å². The number of benzene rings is 1. The van der Waals surface area contributed by atoms with Gasteiger partial charge in [0, 0.05) is 30.4 Å². The number of nitrogens with one attached hydrogen (secondary N) is 1. The Balaban J connectivity index is 0.00000264. The molecule has 23 heavy (non-hydrogen) atoms. The lowest BCUT2D eigenvalue weighted by molar-refractivity contribution is 0.478. The van der Waals surface area contributed by atoms with Crippen LogP contribution in [-0.2, 0) is 6.54 Å². The largest absolute Gasteiger partial charge is 0.310 e. The number of hydrogen-bond acceptors (Lipinski definition) is 2. The fourth-order valence-corrected chi connectivity index (χ4v) is 2.87. The maximum absolute atomic E-state index is 4.16. The summed E-state index contributed by atoms with van der Waals surface area (Å²) in [4.78, 5) is 4.16. The molecule has 0 saturated heterocycles. The van der Waals surface area contributed by atoms with E-state index in [2.05, 4.69) is 48.4 Å². The molecule has 0 aliphatic carbocycles. The van der Waals surface area contributed by atoms with Crippen molar-refractivity contribution < 1.29 is 0 Å². The fraction of sp³-hybridized carbons (Fsp3) is 0.571. The zero-order valence-corrected chi connectivity index (χ0v) is 14.1. The van der Waals surface area contributed by atoms with Crippen LogP contribution in [0, 0.1) is 0 Å². The van der Waals surface area contributed by atoms with Gasteiger partial charge in [-0.15, -0.1) is 0 Å². The van der Waals surface area contributed by atoms with Crippen LogP contribution in [-0.4, -0.2) is 11.0 Å². The van der Waals surface area contributed by atoms with Crippen LogP contribution in [0.5, 0.6) is 0 Å². The van der Waals surface area contributed by atoms with Crippen LogP contribution in [0.15, 0.2) is 36.7 Å². The standard InChI is InChI=1S/C20H30N2.CH4/c1-3-4-5-6-7-8-9-17(2)22-15-18-10-11-20-16-21-13-12-19(20)14-18;/h10-14,16-17,22H,3-9,15H2,1-2H3;1H4/t17-;/m1./s1. The van der Waals surface area contributed by atoms with Crippen LogP contribution >= 0.6 is 0 Å². The van der Waals surface area contributed by atoms with E-state index in [0.29, 0.717) is 6.04 Å². The zero-order valence-electron chi connectivity index (χ0n) is 14.1. The number of rotatable bonds is 10. The molecule has 0 aliphatic heterocycles. The van der Waals surface area contributed by atoms with Crippen molar-refractivity contribution >= 4 is 10.8 Å². The van der Waals surface area contributed by atoms with Gasteiger partial charge >= 0.3 is 0 Å². The van der Waals surface area contributed by atoms with Gasteiger partial charge in [0.05, 0.1) is 0 Å². The monoisotopic (exact) mass is 314 g/mol. The second-order valence-electron chi connectivity index (χ2n) is 6.40. The van der Waals surface area contributed by atoms with Crippen molar-refractivity contribution in [1.82, 2.24) is 10.3 Å². The summed E-state index contributed by atoms with van der Waals surface area (Å²) < 4.78 is 0. The van der Waals surface area contributed by atoms with Gasteiger partial charge in [0.2, 0.25) is 0 Å². The number of fused-ring (bicyclic) bond motifs is 1. The molecule has 0 bridgehead atoms. The Morgan fingerprint density at radius 1 is 1.00 bits per heavy atom. The van der Waals surface area contributed by atoms with E-state index in [1.54, 1.807) is 0 Å². The Hall–Kier alpha value is -1.41. The predicted molar refractivity (Wildman–Crippen MR) is 103 cm³/mol. The summed E-state index contributed by atoms with van der Waals surface area (Å²) in [7, 11) is 0. The minimum atomic E-state index is 0. The molecule has 0 fully saturated rings. The van der Waals surface area contributed by atoms with E-state index >= 15 is 0 Å². The maximum Gasteiger partial charge on any atom is 0.0346 e. The summed E-state index contributed by atoms with van der Waals surface area (Å²) in [6.45, 7) is 5.53. The number of nitrogens with zero attached hydrogens (tertiary/aromatic N) is 1. The Bertz CT molecular complexity index is 550. The normalized spacial score (nSPS) is 12.1. The third-order valence-electron chi connectivity index (χ3n) is 4.35. The molecule has 128 valence electrons. The Kier molecular flexibility index (Phi) is 9.54. The zero-order chi connectivity index (χ0) is 15.6. The van der Waals surface area contributed by atoms with E-state index < -0.39 is 0 Å². The van der Waals surface area contributed by atoms with Gasteiger partial charge in [0.1, 0.15) is 0 Å². The van der Waals surface area contributed by atoms with E-state index in [0.717, 1.165) is 6.54 Å². The number of unbranched alkanes of at least 4 members (excludes halogenated alkanes) is 5. The molecule has 2 rings (SSSR count). The summed E-state index contributed by atoms with van der Waals surface area (Å²) in [6, 6.07) is 9.31. The van der Waals surface area contributed by atoms with Gasteiger partial charge in [-0.25, -0.2) is 0 Å². The van der Waals surface area contributed by atoms with Gasteiger partial charge in [0.25, 0.3) is 0 Å². The molecular formula is C21H34N2. The second-order valence-corrected chi connectivity index (χ2v) is 6.40. The molecule has 2 nitrogen and oxygen atoms in total. The quantitative estimate of drug-likeness (QED) is 0.536. The lowest BCUT2D eigenvalue weighted by Gasteiger charge is -2.14. The summed E-state index contributed by atoms with van der Waals surface area (Å²) in [5, 5.41) is 6.14. The Labute approximate surface area is 142 Å². The summed E-state index contributed by atoms with van der Waals surface area (Å²) >= 11 is 0. The highest BCUT2D eigenvalue weighted by atomic mass is 14.9. The van der Waals surface area contributed by atoms with Gasteiger partial charge in [0.15, 0.2) is 0 Å². The smallest absolute Gasteiger partial charge is 0.0346 e. The molecule has 2 heteroatoms. The fourth-order valence-electron chi connectivity index (χ4n) is 2.87. The molecule has 0 radical (unpaired) electrons. The van der Waals surface area contributed by atoms with Gasteiger partial charge in [-0.2, -0.15) is 0 Å². The topological polar surface area (TPSA) is 24.9 Å². The SMILES string of the molecule is C.CCCCCCCC[C@@H](C)NCc1ccc2cnccc2c1. The highest BCUT2D eigenvalue weighted by Gasteiger charge is 2.02. The van der Waals surface area contributed by atoms with Crippen LogP contribution < -0.4 is 5.32 Å². The van der Waals surface area contributed by atoms with Crippen LogP contribution in [0.3, 0.4) is 0 Å². The van der Waals surface area contributed by atoms with E-state index in [-0.39, 0.29) is 7.43 Å². The lowest BCUT2D eigenvalue weighted by Crippen LogP contribution is -2.25. The predicted octanol–water partition coefficient (Wildman–Crippen LogP) is 6.10. The third-order valence-corrected chi connectivity index (χ3v) is 4.35. The first kappa shape index (κ1) is 19.6. The van der Waals surface area contributed by atoms with Crippen molar-refractivity contribution in [1.29, 1.82) is 0 Å². The average molecular weight is 315 g/mol. The molecular weight excluding hydrogens is 280 g/mol. The van der Waals surface area contributed by atoms with Crippen LogP contribution in [0.4, 0.5) is 0 Å². The average Bonchev–Trinajstić information content (AvgIpc) is 2.56.